The number of likely N-dealkylation sites (tertiary alicyclic amines) is 1. The van der Waals surface area contributed by atoms with Crippen LogP contribution in [0.3, 0.4) is 0 Å². The number of pyridine rings is 1. The summed E-state index contributed by atoms with van der Waals surface area (Å²) in [7, 11) is 0. The van der Waals surface area contributed by atoms with E-state index in [-0.39, 0.29) is 41.0 Å². The van der Waals surface area contributed by atoms with Crippen LogP contribution < -0.4 is 10.9 Å². The van der Waals surface area contributed by atoms with Crippen molar-refractivity contribution in [2.45, 2.75) is 77.9 Å². The number of piperazine rings is 1. The summed E-state index contributed by atoms with van der Waals surface area (Å²) in [5, 5.41) is 15.3. The molecule has 1 unspecified atom stereocenters. The zero-order valence-corrected chi connectivity index (χ0v) is 25.9. The van der Waals surface area contributed by atoms with E-state index in [1.54, 1.807) is 23.1 Å². The van der Waals surface area contributed by atoms with Crippen LogP contribution in [-0.2, 0) is 11.3 Å². The van der Waals surface area contributed by atoms with Crippen molar-refractivity contribution >= 4 is 11.8 Å². The molecule has 0 radical (unpaired) electrons. The second kappa shape index (κ2) is 12.9. The molecule has 2 atom stereocenters. The molecule has 2 saturated heterocycles. The van der Waals surface area contributed by atoms with E-state index >= 15 is 0 Å². The highest BCUT2D eigenvalue weighted by molar-refractivity contribution is 6.00. The first-order chi connectivity index (χ1) is 20.5. The molecule has 3 fully saturated rings. The van der Waals surface area contributed by atoms with E-state index in [1.807, 2.05) is 25.7 Å². The van der Waals surface area contributed by atoms with Gasteiger partial charge in [-0.3, -0.25) is 14.4 Å². The van der Waals surface area contributed by atoms with E-state index in [4.69, 9.17) is 0 Å². The zero-order chi connectivity index (χ0) is 30.8. The Morgan fingerprint density at radius 1 is 1.05 bits per heavy atom. The standard InChI is InChI=1S/C34H47FN4O4/c1-24(19-25-9-5-4-6-10-25)31(41)38-16-13-34(43,33(2,3)22-38)23-39-21-28(32(42)37-17-14-36-15-18-37)27(20-30(39)40)26-11-7-8-12-29(26)35/h7-8,11-12,20-21,24-25,36,43H,4-6,9-10,13-19,22-23H2,1-3H3/t24?,34-/m0/s1. The molecule has 234 valence electrons. The molecule has 9 heteroatoms. The van der Waals surface area contributed by atoms with Gasteiger partial charge in [0.25, 0.3) is 11.5 Å². The third-order valence-corrected chi connectivity index (χ3v) is 10.1. The molecule has 1 aromatic heterocycles. The molecule has 3 heterocycles. The predicted octanol–water partition coefficient (Wildman–Crippen LogP) is 4.30. The molecule has 1 aromatic carbocycles. The van der Waals surface area contributed by atoms with E-state index in [9.17, 15) is 23.9 Å². The van der Waals surface area contributed by atoms with Crippen molar-refractivity contribution in [3.8, 4) is 11.1 Å². The van der Waals surface area contributed by atoms with Gasteiger partial charge in [-0.15, -0.1) is 0 Å². The third-order valence-electron chi connectivity index (χ3n) is 10.1. The Balaban J connectivity index is 1.39. The fraction of sp³-hybridized carbons (Fsp3) is 0.618. The van der Waals surface area contributed by atoms with Crippen molar-refractivity contribution in [3.05, 3.63) is 58.3 Å². The van der Waals surface area contributed by atoms with Crippen LogP contribution in [0.2, 0.25) is 0 Å². The Hall–Kier alpha value is -3.04. The second-order valence-electron chi connectivity index (χ2n) is 13.7. The van der Waals surface area contributed by atoms with Gasteiger partial charge in [0.15, 0.2) is 0 Å². The summed E-state index contributed by atoms with van der Waals surface area (Å²) in [6.45, 7) is 8.98. The van der Waals surface area contributed by atoms with Crippen LogP contribution >= 0.6 is 0 Å². The zero-order valence-electron chi connectivity index (χ0n) is 25.9. The maximum atomic E-state index is 14.9. The molecule has 2 aliphatic heterocycles. The quantitative estimate of drug-likeness (QED) is 0.499. The topological polar surface area (TPSA) is 94.9 Å². The summed E-state index contributed by atoms with van der Waals surface area (Å²) >= 11 is 0. The van der Waals surface area contributed by atoms with E-state index in [0.29, 0.717) is 51.6 Å². The van der Waals surface area contributed by atoms with Gasteiger partial charge < -0.3 is 24.8 Å². The van der Waals surface area contributed by atoms with Crippen LogP contribution in [-0.4, -0.2) is 76.2 Å². The largest absolute Gasteiger partial charge is 0.387 e. The number of piperidine rings is 1. The van der Waals surface area contributed by atoms with Crippen molar-refractivity contribution in [2.24, 2.45) is 17.3 Å². The maximum absolute atomic E-state index is 14.9. The number of halogens is 1. The van der Waals surface area contributed by atoms with Crippen LogP contribution in [0, 0.1) is 23.1 Å². The number of carbonyl (C=O) groups excluding carboxylic acids is 2. The minimum atomic E-state index is -1.30. The number of aromatic nitrogens is 1. The van der Waals surface area contributed by atoms with Gasteiger partial charge in [-0.2, -0.15) is 0 Å². The lowest BCUT2D eigenvalue weighted by Gasteiger charge is -2.51. The number of hydrogen-bond acceptors (Lipinski definition) is 5. The van der Waals surface area contributed by atoms with Crippen LogP contribution in [0.1, 0.15) is 76.1 Å². The minimum Gasteiger partial charge on any atom is -0.387 e. The first kappa shape index (κ1) is 31.4. The molecule has 1 aliphatic carbocycles. The Morgan fingerprint density at radius 2 is 1.74 bits per heavy atom. The van der Waals surface area contributed by atoms with Crippen molar-refractivity contribution in [1.29, 1.82) is 0 Å². The number of hydrogen-bond donors (Lipinski definition) is 2. The molecular formula is C34H47FN4O4. The average Bonchev–Trinajstić information content (AvgIpc) is 3.00. The van der Waals surface area contributed by atoms with E-state index < -0.39 is 22.4 Å². The van der Waals surface area contributed by atoms with Gasteiger partial charge in [-0.05, 0) is 24.8 Å². The first-order valence-corrected chi connectivity index (χ1v) is 16.0. The van der Waals surface area contributed by atoms with Crippen molar-refractivity contribution < 1.29 is 19.1 Å². The molecule has 43 heavy (non-hydrogen) atoms. The van der Waals surface area contributed by atoms with Crippen LogP contribution in [0.25, 0.3) is 11.1 Å². The average molecular weight is 595 g/mol. The molecule has 0 bridgehead atoms. The summed E-state index contributed by atoms with van der Waals surface area (Å²) in [6.07, 6.45) is 8.90. The van der Waals surface area contributed by atoms with Crippen LogP contribution in [0.5, 0.6) is 0 Å². The Morgan fingerprint density at radius 3 is 2.42 bits per heavy atom. The first-order valence-electron chi connectivity index (χ1n) is 16.0. The Labute approximate surface area is 254 Å². The number of amides is 2. The van der Waals surface area contributed by atoms with Crippen molar-refractivity contribution in [3.63, 3.8) is 0 Å². The highest BCUT2D eigenvalue weighted by Gasteiger charge is 2.49. The fourth-order valence-corrected chi connectivity index (χ4v) is 7.27. The molecule has 1 saturated carbocycles. The van der Waals surface area contributed by atoms with Crippen molar-refractivity contribution in [1.82, 2.24) is 19.7 Å². The molecular weight excluding hydrogens is 547 g/mol. The number of carbonyl (C=O) groups is 2. The molecule has 0 spiro atoms. The SMILES string of the molecule is CC(CC1CCCCC1)C(=O)N1CC[C@](O)(Cn2cc(C(=O)N3CCNCC3)c(-c3ccccc3F)cc2=O)C(C)(C)C1. The van der Waals surface area contributed by atoms with E-state index in [0.717, 1.165) is 6.42 Å². The van der Waals surface area contributed by atoms with Gasteiger partial charge in [0.05, 0.1) is 17.7 Å². The second-order valence-corrected chi connectivity index (χ2v) is 13.7. The van der Waals surface area contributed by atoms with Gasteiger partial charge in [-0.25, -0.2) is 4.39 Å². The molecule has 5 rings (SSSR count). The monoisotopic (exact) mass is 594 g/mol. The number of benzene rings is 1. The lowest BCUT2D eigenvalue weighted by Crippen LogP contribution is -2.61. The highest BCUT2D eigenvalue weighted by atomic mass is 19.1. The van der Waals surface area contributed by atoms with Gasteiger partial charge in [0, 0.05) is 74.0 Å². The maximum Gasteiger partial charge on any atom is 0.256 e. The Bertz CT molecular complexity index is 1380. The summed E-state index contributed by atoms with van der Waals surface area (Å²) in [4.78, 5) is 44.3. The van der Waals surface area contributed by atoms with Gasteiger partial charge in [-0.1, -0.05) is 71.1 Å². The third kappa shape index (κ3) is 6.73. The van der Waals surface area contributed by atoms with E-state index in [2.05, 4.69) is 5.32 Å². The smallest absolute Gasteiger partial charge is 0.256 e. The van der Waals surface area contributed by atoms with Crippen LogP contribution in [0.15, 0.2) is 41.3 Å². The molecule has 2 aromatic rings. The summed E-state index contributed by atoms with van der Waals surface area (Å²) in [5.74, 6) is -0.0939. The lowest BCUT2D eigenvalue weighted by atomic mass is 9.69. The fourth-order valence-electron chi connectivity index (χ4n) is 7.27. The summed E-state index contributed by atoms with van der Waals surface area (Å²) in [6, 6.07) is 7.45. The predicted molar refractivity (Wildman–Crippen MR) is 165 cm³/mol. The Kier molecular flexibility index (Phi) is 9.42. The number of nitrogens with zero attached hydrogens (tertiary/aromatic N) is 3. The van der Waals surface area contributed by atoms with Crippen LogP contribution in [0.4, 0.5) is 4.39 Å². The number of rotatable bonds is 7. The van der Waals surface area contributed by atoms with Crippen molar-refractivity contribution in [2.75, 3.05) is 39.3 Å². The number of aliphatic hydroxyl groups is 1. The van der Waals surface area contributed by atoms with Gasteiger partial charge >= 0.3 is 0 Å². The molecule has 2 amide bonds. The van der Waals surface area contributed by atoms with Gasteiger partial charge in [0.2, 0.25) is 5.91 Å². The van der Waals surface area contributed by atoms with Gasteiger partial charge in [0.1, 0.15) is 5.82 Å². The summed E-state index contributed by atoms with van der Waals surface area (Å²) < 4.78 is 16.3. The lowest BCUT2D eigenvalue weighted by molar-refractivity contribution is -0.157. The minimum absolute atomic E-state index is 0.0299. The molecule has 3 aliphatic rings. The molecule has 2 N–H and O–H groups in total. The van der Waals surface area contributed by atoms with E-state index in [1.165, 1.54) is 55.0 Å². The highest BCUT2D eigenvalue weighted by Crippen LogP contribution is 2.41. The number of nitrogens with one attached hydrogen (secondary N) is 1. The molecule has 8 nitrogen and oxygen atoms in total. The normalized spacial score (nSPS) is 23.7. The summed E-state index contributed by atoms with van der Waals surface area (Å²) in [5.41, 5.74) is -1.75.